The summed E-state index contributed by atoms with van der Waals surface area (Å²) in [6.45, 7) is 3.64. The number of amides is 1. The summed E-state index contributed by atoms with van der Waals surface area (Å²) in [5.41, 5.74) is 1.54. The summed E-state index contributed by atoms with van der Waals surface area (Å²) in [5, 5.41) is 4.68. The summed E-state index contributed by atoms with van der Waals surface area (Å²) < 4.78 is 5.39. The topological polar surface area (TPSA) is 62.5 Å². The molecular formula is C21H21ClN4O2. The first-order chi connectivity index (χ1) is 13.7. The van der Waals surface area contributed by atoms with Gasteiger partial charge in [-0.25, -0.2) is 0 Å². The summed E-state index contributed by atoms with van der Waals surface area (Å²) in [6, 6.07) is 16.8. The number of nitrogens with zero attached hydrogens (tertiary/aromatic N) is 4. The van der Waals surface area contributed by atoms with Crippen LogP contribution in [0.2, 0.25) is 5.02 Å². The molecule has 0 bridgehead atoms. The first kappa shape index (κ1) is 18.7. The van der Waals surface area contributed by atoms with Crippen LogP contribution in [0.3, 0.4) is 0 Å². The average Bonchev–Trinajstić information content (AvgIpc) is 3.06. The minimum Gasteiger partial charge on any atom is -0.337 e. The molecule has 2 heterocycles. The van der Waals surface area contributed by atoms with Gasteiger partial charge in [-0.3, -0.25) is 9.69 Å². The highest BCUT2D eigenvalue weighted by atomic mass is 35.5. The highest BCUT2D eigenvalue weighted by Gasteiger charge is 2.21. The number of carbonyl (C=O) groups is 1. The first-order valence-electron chi connectivity index (χ1n) is 9.34. The Morgan fingerprint density at radius 1 is 1.04 bits per heavy atom. The van der Waals surface area contributed by atoms with Gasteiger partial charge in [-0.15, -0.1) is 0 Å². The van der Waals surface area contributed by atoms with Crippen LogP contribution in [0.25, 0.3) is 11.5 Å². The van der Waals surface area contributed by atoms with Crippen LogP contribution in [0.4, 0.5) is 0 Å². The quantitative estimate of drug-likeness (QED) is 0.672. The van der Waals surface area contributed by atoms with Crippen molar-refractivity contribution in [3.63, 3.8) is 0 Å². The van der Waals surface area contributed by atoms with Gasteiger partial charge >= 0.3 is 0 Å². The maximum absolute atomic E-state index is 12.7. The maximum atomic E-state index is 12.7. The van der Waals surface area contributed by atoms with Gasteiger partial charge < -0.3 is 9.42 Å². The van der Waals surface area contributed by atoms with E-state index in [9.17, 15) is 4.79 Å². The number of benzene rings is 2. The molecule has 3 aromatic rings. The molecule has 144 valence electrons. The van der Waals surface area contributed by atoms with Crippen molar-refractivity contribution in [1.29, 1.82) is 0 Å². The molecule has 1 aliphatic rings. The Morgan fingerprint density at radius 2 is 1.89 bits per heavy atom. The fraction of sp³-hybridized carbons (Fsp3) is 0.286. The molecule has 1 saturated heterocycles. The van der Waals surface area contributed by atoms with E-state index in [1.807, 2.05) is 35.2 Å². The van der Waals surface area contributed by atoms with E-state index < -0.39 is 0 Å². The predicted molar refractivity (Wildman–Crippen MR) is 107 cm³/mol. The molecule has 0 unspecified atom stereocenters. The maximum Gasteiger partial charge on any atom is 0.257 e. The Hall–Kier alpha value is -2.70. The van der Waals surface area contributed by atoms with E-state index >= 15 is 0 Å². The summed E-state index contributed by atoms with van der Waals surface area (Å²) in [7, 11) is 0. The van der Waals surface area contributed by atoms with Crippen LogP contribution in [0.5, 0.6) is 0 Å². The largest absolute Gasteiger partial charge is 0.337 e. The van der Waals surface area contributed by atoms with E-state index in [1.54, 1.807) is 24.3 Å². The van der Waals surface area contributed by atoms with Crippen molar-refractivity contribution in [2.24, 2.45) is 0 Å². The predicted octanol–water partition coefficient (Wildman–Crippen LogP) is 3.74. The van der Waals surface area contributed by atoms with Gasteiger partial charge in [-0.1, -0.05) is 41.0 Å². The van der Waals surface area contributed by atoms with E-state index in [0.29, 0.717) is 35.4 Å². The third-order valence-corrected chi connectivity index (χ3v) is 5.04. The highest BCUT2D eigenvalue weighted by molar-refractivity contribution is 6.30. The zero-order chi connectivity index (χ0) is 19.3. The Labute approximate surface area is 168 Å². The fourth-order valence-corrected chi connectivity index (χ4v) is 3.54. The molecule has 6 nitrogen and oxygen atoms in total. The Balaban J connectivity index is 1.37. The van der Waals surface area contributed by atoms with Crippen LogP contribution in [-0.2, 0) is 6.54 Å². The molecule has 7 heteroatoms. The first-order valence-corrected chi connectivity index (χ1v) is 9.72. The van der Waals surface area contributed by atoms with E-state index in [0.717, 1.165) is 31.6 Å². The Morgan fingerprint density at radius 3 is 2.71 bits per heavy atom. The average molecular weight is 397 g/mol. The van der Waals surface area contributed by atoms with Crippen molar-refractivity contribution in [2.45, 2.75) is 13.0 Å². The molecule has 0 atom stereocenters. The van der Waals surface area contributed by atoms with Crippen LogP contribution >= 0.6 is 11.6 Å². The molecular weight excluding hydrogens is 376 g/mol. The summed E-state index contributed by atoms with van der Waals surface area (Å²) in [4.78, 5) is 21.4. The van der Waals surface area contributed by atoms with Crippen molar-refractivity contribution in [3.8, 4) is 11.5 Å². The van der Waals surface area contributed by atoms with Gasteiger partial charge in [-0.2, -0.15) is 4.98 Å². The van der Waals surface area contributed by atoms with Crippen LogP contribution in [0.1, 0.15) is 22.6 Å². The standard InChI is InChI=1S/C21H21ClN4O2/c22-18-9-4-8-17(14-18)21(27)26-11-5-10-25(12-13-26)15-19-23-20(28-24-19)16-6-2-1-3-7-16/h1-4,6-9,14H,5,10-13,15H2. The van der Waals surface area contributed by atoms with Gasteiger partial charge in [0.1, 0.15) is 0 Å². The second-order valence-corrected chi connectivity index (χ2v) is 7.25. The molecule has 0 N–H and O–H groups in total. The second-order valence-electron chi connectivity index (χ2n) is 6.81. The molecule has 1 fully saturated rings. The van der Waals surface area contributed by atoms with Crippen LogP contribution in [0.15, 0.2) is 59.1 Å². The van der Waals surface area contributed by atoms with Crippen LogP contribution in [0, 0.1) is 0 Å². The van der Waals surface area contributed by atoms with E-state index in [-0.39, 0.29) is 5.91 Å². The zero-order valence-electron chi connectivity index (χ0n) is 15.4. The molecule has 0 aliphatic carbocycles. The molecule has 28 heavy (non-hydrogen) atoms. The van der Waals surface area contributed by atoms with E-state index in [2.05, 4.69) is 15.0 Å². The third-order valence-electron chi connectivity index (χ3n) is 4.80. The van der Waals surface area contributed by atoms with Gasteiger partial charge in [-0.05, 0) is 36.8 Å². The minimum atomic E-state index is 0.0234. The Kier molecular flexibility index (Phi) is 5.69. The summed E-state index contributed by atoms with van der Waals surface area (Å²) >= 11 is 6.02. The van der Waals surface area contributed by atoms with Crippen molar-refractivity contribution < 1.29 is 9.32 Å². The number of halogens is 1. The van der Waals surface area contributed by atoms with Crippen LogP contribution < -0.4 is 0 Å². The molecule has 1 aliphatic heterocycles. The lowest BCUT2D eigenvalue weighted by Crippen LogP contribution is -2.35. The normalized spacial score (nSPS) is 15.4. The zero-order valence-corrected chi connectivity index (χ0v) is 16.2. The van der Waals surface area contributed by atoms with Gasteiger partial charge in [0.2, 0.25) is 0 Å². The molecule has 2 aromatic carbocycles. The summed E-state index contributed by atoms with van der Waals surface area (Å²) in [5.74, 6) is 1.21. The van der Waals surface area contributed by atoms with Crippen molar-refractivity contribution in [1.82, 2.24) is 19.9 Å². The van der Waals surface area contributed by atoms with Gasteiger partial charge in [0.15, 0.2) is 5.82 Å². The monoisotopic (exact) mass is 396 g/mol. The molecule has 4 rings (SSSR count). The summed E-state index contributed by atoms with van der Waals surface area (Å²) in [6.07, 6.45) is 0.899. The van der Waals surface area contributed by atoms with Gasteiger partial charge in [0.05, 0.1) is 6.54 Å². The SMILES string of the molecule is O=C(c1cccc(Cl)c1)N1CCCN(Cc2noc(-c3ccccc3)n2)CC1. The molecule has 1 amide bonds. The van der Waals surface area contributed by atoms with Crippen molar-refractivity contribution >= 4 is 17.5 Å². The lowest BCUT2D eigenvalue weighted by atomic mass is 10.2. The highest BCUT2D eigenvalue weighted by Crippen LogP contribution is 2.18. The number of hydrogen-bond acceptors (Lipinski definition) is 5. The van der Waals surface area contributed by atoms with Gasteiger partial charge in [0, 0.05) is 42.3 Å². The van der Waals surface area contributed by atoms with Crippen molar-refractivity contribution in [2.75, 3.05) is 26.2 Å². The van der Waals surface area contributed by atoms with Crippen LogP contribution in [-0.4, -0.2) is 52.0 Å². The van der Waals surface area contributed by atoms with Gasteiger partial charge in [0.25, 0.3) is 11.8 Å². The lowest BCUT2D eigenvalue weighted by Gasteiger charge is -2.21. The Bertz CT molecular complexity index is 944. The number of carbonyl (C=O) groups excluding carboxylic acids is 1. The second kappa shape index (κ2) is 8.54. The van der Waals surface area contributed by atoms with Crippen molar-refractivity contribution in [3.05, 3.63) is 71.0 Å². The minimum absolute atomic E-state index is 0.0234. The molecule has 0 radical (unpaired) electrons. The number of hydrogen-bond donors (Lipinski definition) is 0. The third kappa shape index (κ3) is 4.40. The molecule has 0 saturated carbocycles. The number of aromatic nitrogens is 2. The van der Waals surface area contributed by atoms with E-state index in [4.69, 9.17) is 16.1 Å². The lowest BCUT2D eigenvalue weighted by molar-refractivity contribution is 0.0761. The number of rotatable bonds is 4. The van der Waals surface area contributed by atoms with E-state index in [1.165, 1.54) is 0 Å². The fourth-order valence-electron chi connectivity index (χ4n) is 3.35. The molecule has 0 spiro atoms. The smallest absolute Gasteiger partial charge is 0.257 e. The molecule has 1 aromatic heterocycles.